The molecule has 0 saturated heterocycles. The van der Waals surface area contributed by atoms with Gasteiger partial charge in [-0.15, -0.1) is 0 Å². The number of aromatic amines is 1. The SMILES string of the molecule is CSCCc1nc(CCc2nc3ccc(F)cc3[nH]2)n(C)n1. The van der Waals surface area contributed by atoms with Gasteiger partial charge in [0.25, 0.3) is 0 Å². The number of hydrogen-bond acceptors (Lipinski definition) is 4. The van der Waals surface area contributed by atoms with Crippen LogP contribution in [0.3, 0.4) is 0 Å². The van der Waals surface area contributed by atoms with E-state index in [1.54, 1.807) is 17.8 Å². The van der Waals surface area contributed by atoms with Crippen LogP contribution in [0.5, 0.6) is 0 Å². The average Bonchev–Trinajstić information content (AvgIpc) is 3.05. The summed E-state index contributed by atoms with van der Waals surface area (Å²) in [5, 5.41) is 4.43. The second-order valence-corrected chi connectivity index (χ2v) is 6.14. The normalized spacial score (nSPS) is 11.4. The third-order valence-electron chi connectivity index (χ3n) is 3.51. The van der Waals surface area contributed by atoms with Crippen molar-refractivity contribution in [3.05, 3.63) is 41.5 Å². The highest BCUT2D eigenvalue weighted by Gasteiger charge is 2.09. The van der Waals surface area contributed by atoms with Crippen LogP contribution < -0.4 is 0 Å². The van der Waals surface area contributed by atoms with Gasteiger partial charge < -0.3 is 4.98 Å². The second kappa shape index (κ2) is 6.48. The Kier molecular flexibility index (Phi) is 4.42. The minimum Gasteiger partial charge on any atom is -0.342 e. The molecule has 0 amide bonds. The molecule has 0 aliphatic carbocycles. The van der Waals surface area contributed by atoms with Crippen molar-refractivity contribution in [3.8, 4) is 0 Å². The van der Waals surface area contributed by atoms with E-state index in [-0.39, 0.29) is 5.82 Å². The molecule has 2 heterocycles. The van der Waals surface area contributed by atoms with Gasteiger partial charge in [0.1, 0.15) is 17.5 Å². The molecule has 1 aromatic carbocycles. The Morgan fingerprint density at radius 1 is 1.23 bits per heavy atom. The number of thioether (sulfide) groups is 1. The third-order valence-corrected chi connectivity index (χ3v) is 4.12. The summed E-state index contributed by atoms with van der Waals surface area (Å²) in [6.45, 7) is 0. The molecular formula is C15H18FN5S. The van der Waals surface area contributed by atoms with E-state index in [9.17, 15) is 4.39 Å². The van der Waals surface area contributed by atoms with E-state index in [0.717, 1.165) is 53.5 Å². The molecule has 7 heteroatoms. The van der Waals surface area contributed by atoms with Crippen molar-refractivity contribution in [3.63, 3.8) is 0 Å². The molecule has 1 N–H and O–H groups in total. The number of rotatable bonds is 6. The molecule has 0 aliphatic heterocycles. The first-order chi connectivity index (χ1) is 10.7. The lowest BCUT2D eigenvalue weighted by atomic mass is 10.3. The number of imidazole rings is 1. The number of aromatic nitrogens is 5. The van der Waals surface area contributed by atoms with Crippen molar-refractivity contribution >= 4 is 22.8 Å². The maximum absolute atomic E-state index is 13.2. The first-order valence-electron chi connectivity index (χ1n) is 7.17. The number of aryl methyl sites for hydroxylation is 4. The van der Waals surface area contributed by atoms with Gasteiger partial charge in [0.15, 0.2) is 5.82 Å². The van der Waals surface area contributed by atoms with Crippen molar-refractivity contribution < 1.29 is 4.39 Å². The number of halogens is 1. The summed E-state index contributed by atoms with van der Waals surface area (Å²) in [6.07, 6.45) is 4.45. The minimum atomic E-state index is -0.255. The van der Waals surface area contributed by atoms with E-state index in [4.69, 9.17) is 0 Å². The predicted octanol–water partition coefficient (Wildman–Crippen LogP) is 2.52. The van der Waals surface area contributed by atoms with Gasteiger partial charge in [0, 0.05) is 32.1 Å². The van der Waals surface area contributed by atoms with Gasteiger partial charge in [0.05, 0.1) is 11.0 Å². The van der Waals surface area contributed by atoms with Gasteiger partial charge in [-0.25, -0.2) is 14.4 Å². The lowest BCUT2D eigenvalue weighted by Gasteiger charge is -1.97. The summed E-state index contributed by atoms with van der Waals surface area (Å²) in [4.78, 5) is 12.2. The summed E-state index contributed by atoms with van der Waals surface area (Å²) >= 11 is 1.79. The molecule has 0 unspecified atom stereocenters. The molecule has 0 radical (unpaired) electrons. The Labute approximate surface area is 132 Å². The Morgan fingerprint density at radius 2 is 2.09 bits per heavy atom. The molecule has 3 aromatic rings. The number of hydrogen-bond donors (Lipinski definition) is 1. The molecule has 3 rings (SSSR count). The van der Waals surface area contributed by atoms with Crippen molar-refractivity contribution in [2.45, 2.75) is 19.3 Å². The van der Waals surface area contributed by atoms with Crippen LogP contribution in [-0.2, 0) is 26.3 Å². The number of benzene rings is 1. The molecule has 0 saturated carbocycles. The van der Waals surface area contributed by atoms with Crippen molar-refractivity contribution in [1.29, 1.82) is 0 Å². The summed E-state index contributed by atoms with van der Waals surface area (Å²) in [5.74, 6) is 3.45. The van der Waals surface area contributed by atoms with Crippen molar-refractivity contribution in [1.82, 2.24) is 24.7 Å². The molecule has 5 nitrogen and oxygen atoms in total. The summed E-state index contributed by atoms with van der Waals surface area (Å²) in [6, 6.07) is 4.58. The molecule has 22 heavy (non-hydrogen) atoms. The quantitative estimate of drug-likeness (QED) is 0.758. The van der Waals surface area contributed by atoms with Crippen LogP contribution >= 0.6 is 11.8 Å². The fourth-order valence-electron chi connectivity index (χ4n) is 2.37. The predicted molar refractivity (Wildman–Crippen MR) is 86.5 cm³/mol. The fraction of sp³-hybridized carbons (Fsp3) is 0.400. The van der Waals surface area contributed by atoms with Crippen LogP contribution in [0.4, 0.5) is 4.39 Å². The zero-order valence-corrected chi connectivity index (χ0v) is 13.5. The minimum absolute atomic E-state index is 0.255. The maximum atomic E-state index is 13.2. The van der Waals surface area contributed by atoms with Crippen LogP contribution in [0, 0.1) is 5.82 Å². The monoisotopic (exact) mass is 319 g/mol. The smallest absolute Gasteiger partial charge is 0.151 e. The summed E-state index contributed by atoms with van der Waals surface area (Å²) in [7, 11) is 1.92. The Morgan fingerprint density at radius 3 is 2.91 bits per heavy atom. The van der Waals surface area contributed by atoms with E-state index in [1.165, 1.54) is 12.1 Å². The van der Waals surface area contributed by atoms with Gasteiger partial charge in [-0.1, -0.05) is 0 Å². The first-order valence-corrected chi connectivity index (χ1v) is 8.57. The fourth-order valence-corrected chi connectivity index (χ4v) is 2.76. The molecule has 116 valence electrons. The number of nitrogens with zero attached hydrogens (tertiary/aromatic N) is 4. The standard InChI is InChI=1S/C15H18FN5S/c1-21-15(19-14(20-21)7-8-22-2)6-5-13-17-11-4-3-10(16)9-12(11)18-13/h3-4,9H,5-8H2,1-2H3,(H,17,18). The van der Waals surface area contributed by atoms with Gasteiger partial charge in [-0.05, 0) is 24.5 Å². The molecular weight excluding hydrogens is 301 g/mol. The maximum Gasteiger partial charge on any atom is 0.151 e. The topological polar surface area (TPSA) is 59.4 Å². The van der Waals surface area contributed by atoms with E-state index in [1.807, 2.05) is 11.7 Å². The Bertz CT molecular complexity index is 779. The molecule has 0 aliphatic rings. The second-order valence-electron chi connectivity index (χ2n) is 5.16. The Balaban J connectivity index is 1.69. The highest BCUT2D eigenvalue weighted by molar-refractivity contribution is 7.98. The van der Waals surface area contributed by atoms with Gasteiger partial charge in [0.2, 0.25) is 0 Å². The zero-order valence-electron chi connectivity index (χ0n) is 12.6. The van der Waals surface area contributed by atoms with Crippen LogP contribution in [-0.4, -0.2) is 36.7 Å². The van der Waals surface area contributed by atoms with E-state index in [2.05, 4.69) is 26.3 Å². The van der Waals surface area contributed by atoms with E-state index in [0.29, 0.717) is 0 Å². The first kappa shape index (κ1) is 15.0. The zero-order chi connectivity index (χ0) is 15.5. The number of H-pyrrole nitrogens is 1. The third kappa shape index (κ3) is 3.30. The summed E-state index contributed by atoms with van der Waals surface area (Å²) < 4.78 is 15.0. The summed E-state index contributed by atoms with van der Waals surface area (Å²) in [5.41, 5.74) is 1.52. The molecule has 0 atom stereocenters. The molecule has 0 fully saturated rings. The van der Waals surface area contributed by atoms with Crippen LogP contribution in [0.25, 0.3) is 11.0 Å². The van der Waals surface area contributed by atoms with Gasteiger partial charge in [-0.3, -0.25) is 4.68 Å². The average molecular weight is 319 g/mol. The largest absolute Gasteiger partial charge is 0.342 e. The van der Waals surface area contributed by atoms with Gasteiger partial charge >= 0.3 is 0 Å². The van der Waals surface area contributed by atoms with Crippen LogP contribution in [0.2, 0.25) is 0 Å². The lowest BCUT2D eigenvalue weighted by Crippen LogP contribution is -2.02. The lowest BCUT2D eigenvalue weighted by molar-refractivity contribution is 0.629. The molecule has 2 aromatic heterocycles. The number of nitrogens with one attached hydrogen (secondary N) is 1. The highest BCUT2D eigenvalue weighted by Crippen LogP contribution is 2.14. The number of fused-ring (bicyclic) bond motifs is 1. The van der Waals surface area contributed by atoms with Crippen LogP contribution in [0.1, 0.15) is 17.5 Å². The molecule has 0 bridgehead atoms. The highest BCUT2D eigenvalue weighted by atomic mass is 32.2. The van der Waals surface area contributed by atoms with Crippen LogP contribution in [0.15, 0.2) is 18.2 Å². The van der Waals surface area contributed by atoms with E-state index >= 15 is 0 Å². The van der Waals surface area contributed by atoms with Crippen molar-refractivity contribution in [2.75, 3.05) is 12.0 Å². The van der Waals surface area contributed by atoms with E-state index < -0.39 is 0 Å². The molecule has 0 spiro atoms. The Hall–Kier alpha value is -1.89. The van der Waals surface area contributed by atoms with Gasteiger partial charge in [-0.2, -0.15) is 16.9 Å². The van der Waals surface area contributed by atoms with Crippen molar-refractivity contribution in [2.24, 2.45) is 7.05 Å².